The number of hydrogen-bond donors (Lipinski definition) is 1. The van der Waals surface area contributed by atoms with Gasteiger partial charge in [0.1, 0.15) is 0 Å². The van der Waals surface area contributed by atoms with Crippen molar-refractivity contribution >= 4 is 0 Å². The van der Waals surface area contributed by atoms with Gasteiger partial charge in [0.05, 0.1) is 5.60 Å². The van der Waals surface area contributed by atoms with Gasteiger partial charge >= 0.3 is 0 Å². The molecule has 3 aliphatic rings. The van der Waals surface area contributed by atoms with E-state index in [-0.39, 0.29) is 5.60 Å². The first kappa shape index (κ1) is 11.0. The third kappa shape index (κ3) is 1.80. The van der Waals surface area contributed by atoms with E-state index in [1.54, 1.807) is 0 Å². The molecule has 5 unspecified atom stereocenters. The van der Waals surface area contributed by atoms with Gasteiger partial charge in [-0.05, 0) is 70.1 Å². The van der Waals surface area contributed by atoms with Crippen LogP contribution in [0.15, 0.2) is 0 Å². The van der Waals surface area contributed by atoms with Gasteiger partial charge in [-0.2, -0.15) is 5.48 Å². The second kappa shape index (κ2) is 3.71. The predicted octanol–water partition coefficient (Wildman–Crippen LogP) is 3.13. The first-order valence-electron chi connectivity index (χ1n) is 6.98. The molecule has 3 saturated carbocycles. The van der Waals surface area contributed by atoms with Crippen LogP contribution in [0.1, 0.15) is 52.9 Å². The van der Waals surface area contributed by atoms with Crippen LogP contribution in [0.25, 0.3) is 0 Å². The Hall–Kier alpha value is -0.0800. The van der Waals surface area contributed by atoms with Gasteiger partial charge in [0.25, 0.3) is 0 Å². The van der Waals surface area contributed by atoms with Gasteiger partial charge in [0, 0.05) is 6.04 Å². The summed E-state index contributed by atoms with van der Waals surface area (Å²) in [5, 5.41) is 0. The lowest BCUT2D eigenvalue weighted by molar-refractivity contribution is -0.1000. The largest absolute Gasteiger partial charge is 0.296 e. The molecular weight excluding hydrogens is 198 g/mol. The topological polar surface area (TPSA) is 21.3 Å². The maximum atomic E-state index is 5.76. The normalized spacial score (nSPS) is 46.3. The smallest absolute Gasteiger partial charge is 0.0813 e. The molecule has 0 spiro atoms. The van der Waals surface area contributed by atoms with E-state index in [1.165, 1.54) is 32.1 Å². The highest BCUT2D eigenvalue weighted by atomic mass is 16.7. The molecule has 2 heteroatoms. The van der Waals surface area contributed by atoms with E-state index in [9.17, 15) is 0 Å². The minimum Gasteiger partial charge on any atom is -0.296 e. The number of rotatable bonds is 2. The molecule has 16 heavy (non-hydrogen) atoms. The zero-order chi connectivity index (χ0) is 11.3. The molecule has 0 aromatic rings. The number of hydrogen-bond acceptors (Lipinski definition) is 2. The van der Waals surface area contributed by atoms with Crippen LogP contribution in [-0.2, 0) is 4.84 Å². The van der Waals surface area contributed by atoms with Crippen molar-refractivity contribution in [1.29, 1.82) is 0 Å². The summed E-state index contributed by atoms with van der Waals surface area (Å²) in [5.74, 6) is 4.04. The summed E-state index contributed by atoms with van der Waals surface area (Å²) in [6.07, 6.45) is 7.32. The molecule has 0 aromatic heterocycles. The monoisotopic (exact) mass is 223 g/mol. The van der Waals surface area contributed by atoms with Gasteiger partial charge in [-0.15, -0.1) is 0 Å². The summed E-state index contributed by atoms with van der Waals surface area (Å²) in [6, 6.07) is 0.642. The zero-order valence-electron chi connectivity index (χ0n) is 10.8. The fourth-order valence-corrected chi connectivity index (χ4v) is 4.46. The third-order valence-electron chi connectivity index (χ3n) is 4.95. The van der Waals surface area contributed by atoms with Crippen LogP contribution in [0, 0.1) is 23.7 Å². The van der Waals surface area contributed by atoms with Crippen molar-refractivity contribution in [3.8, 4) is 0 Å². The Labute approximate surface area is 99.1 Å². The predicted molar refractivity (Wildman–Crippen MR) is 64.8 cm³/mol. The molecule has 0 heterocycles. The van der Waals surface area contributed by atoms with Gasteiger partial charge in [-0.1, -0.05) is 6.42 Å². The average molecular weight is 223 g/mol. The lowest BCUT2D eigenvalue weighted by atomic mass is 9.79. The first-order chi connectivity index (χ1) is 7.54. The van der Waals surface area contributed by atoms with E-state index in [4.69, 9.17) is 4.84 Å². The van der Waals surface area contributed by atoms with Crippen molar-refractivity contribution in [3.05, 3.63) is 0 Å². The van der Waals surface area contributed by atoms with Crippen molar-refractivity contribution in [1.82, 2.24) is 5.48 Å². The molecule has 0 aliphatic heterocycles. The Kier molecular flexibility index (Phi) is 2.56. The van der Waals surface area contributed by atoms with E-state index < -0.39 is 0 Å². The maximum absolute atomic E-state index is 5.76. The standard InChI is InChI=1S/C14H25NO/c1-14(2,3)16-15-13-8-9-7-12(13)11-6-4-5-10(9)11/h9-13,15H,4-8H2,1-3H3. The van der Waals surface area contributed by atoms with Crippen LogP contribution in [0.5, 0.6) is 0 Å². The molecule has 0 amide bonds. The van der Waals surface area contributed by atoms with Gasteiger partial charge in [-0.25, -0.2) is 0 Å². The van der Waals surface area contributed by atoms with Crippen molar-refractivity contribution < 1.29 is 4.84 Å². The summed E-state index contributed by atoms with van der Waals surface area (Å²) in [6.45, 7) is 6.35. The molecule has 2 nitrogen and oxygen atoms in total. The molecule has 3 aliphatic carbocycles. The van der Waals surface area contributed by atoms with Crippen LogP contribution in [0.3, 0.4) is 0 Å². The minimum atomic E-state index is -0.0586. The SMILES string of the molecule is CC(C)(C)ONC1CC2CC1C1CCCC21. The summed E-state index contributed by atoms with van der Waals surface area (Å²) < 4.78 is 0. The van der Waals surface area contributed by atoms with E-state index in [2.05, 4.69) is 26.3 Å². The fourth-order valence-electron chi connectivity index (χ4n) is 4.46. The van der Waals surface area contributed by atoms with Crippen LogP contribution >= 0.6 is 0 Å². The first-order valence-corrected chi connectivity index (χ1v) is 6.98. The lowest BCUT2D eigenvalue weighted by Gasteiger charge is -2.33. The highest BCUT2D eigenvalue weighted by Crippen LogP contribution is 2.58. The fraction of sp³-hybridized carbons (Fsp3) is 1.00. The summed E-state index contributed by atoms with van der Waals surface area (Å²) in [4.78, 5) is 5.76. The molecule has 3 fully saturated rings. The minimum absolute atomic E-state index is 0.0586. The Morgan fingerprint density at radius 1 is 1.00 bits per heavy atom. The van der Waals surface area contributed by atoms with Crippen LogP contribution < -0.4 is 5.48 Å². The Morgan fingerprint density at radius 3 is 2.50 bits per heavy atom. The quantitative estimate of drug-likeness (QED) is 0.726. The summed E-state index contributed by atoms with van der Waals surface area (Å²) in [5.41, 5.74) is 3.31. The van der Waals surface area contributed by atoms with Crippen molar-refractivity contribution in [2.75, 3.05) is 0 Å². The molecule has 2 bridgehead atoms. The van der Waals surface area contributed by atoms with Crippen molar-refractivity contribution in [2.45, 2.75) is 64.5 Å². The Morgan fingerprint density at radius 2 is 1.75 bits per heavy atom. The Bertz CT molecular complexity index is 270. The van der Waals surface area contributed by atoms with E-state index in [1.807, 2.05) is 0 Å². The summed E-state index contributed by atoms with van der Waals surface area (Å²) in [7, 11) is 0. The van der Waals surface area contributed by atoms with Crippen molar-refractivity contribution in [2.24, 2.45) is 23.7 Å². The average Bonchev–Trinajstić information content (AvgIpc) is 2.85. The van der Waals surface area contributed by atoms with E-state index in [0.717, 1.165) is 23.7 Å². The highest BCUT2D eigenvalue weighted by molar-refractivity contribution is 5.04. The van der Waals surface area contributed by atoms with Crippen LogP contribution in [0.2, 0.25) is 0 Å². The van der Waals surface area contributed by atoms with Gasteiger partial charge in [-0.3, -0.25) is 4.84 Å². The number of nitrogens with one attached hydrogen (secondary N) is 1. The lowest BCUT2D eigenvalue weighted by Crippen LogP contribution is -2.42. The van der Waals surface area contributed by atoms with Gasteiger partial charge in [0.15, 0.2) is 0 Å². The van der Waals surface area contributed by atoms with Crippen molar-refractivity contribution in [3.63, 3.8) is 0 Å². The van der Waals surface area contributed by atoms with Crippen LogP contribution in [0.4, 0.5) is 0 Å². The molecule has 92 valence electrons. The molecule has 0 radical (unpaired) electrons. The molecule has 1 N–H and O–H groups in total. The second-order valence-electron chi connectivity index (χ2n) is 7.09. The zero-order valence-corrected chi connectivity index (χ0v) is 10.8. The van der Waals surface area contributed by atoms with Gasteiger partial charge in [0.2, 0.25) is 0 Å². The van der Waals surface area contributed by atoms with Crippen LogP contribution in [-0.4, -0.2) is 11.6 Å². The van der Waals surface area contributed by atoms with E-state index >= 15 is 0 Å². The summed E-state index contributed by atoms with van der Waals surface area (Å²) >= 11 is 0. The Balaban J connectivity index is 1.60. The second-order valence-corrected chi connectivity index (χ2v) is 7.09. The number of fused-ring (bicyclic) bond motifs is 5. The molecular formula is C14H25NO. The highest BCUT2D eigenvalue weighted by Gasteiger charge is 2.53. The van der Waals surface area contributed by atoms with Gasteiger partial charge < -0.3 is 0 Å². The van der Waals surface area contributed by atoms with E-state index in [0.29, 0.717) is 6.04 Å². The molecule has 3 rings (SSSR count). The molecule has 0 aromatic carbocycles. The number of hydroxylamine groups is 1. The molecule has 5 atom stereocenters. The maximum Gasteiger partial charge on any atom is 0.0813 e. The third-order valence-corrected chi connectivity index (χ3v) is 4.95. The molecule has 0 saturated heterocycles.